The third kappa shape index (κ3) is 2.58. The first-order chi connectivity index (χ1) is 12.9. The molecule has 0 saturated heterocycles. The van der Waals surface area contributed by atoms with Crippen molar-refractivity contribution in [2.45, 2.75) is 0 Å². The maximum absolute atomic E-state index is 13.1. The lowest BCUT2D eigenvalue weighted by Gasteiger charge is -2.23. The number of nitrogens with one attached hydrogen (secondary N) is 1. The zero-order chi connectivity index (χ0) is 19.3. The maximum atomic E-state index is 13.1. The van der Waals surface area contributed by atoms with Gasteiger partial charge in [0, 0.05) is 16.4 Å². The zero-order valence-electron chi connectivity index (χ0n) is 13.8. The Labute approximate surface area is 158 Å². The van der Waals surface area contributed by atoms with Crippen LogP contribution in [-0.4, -0.2) is 21.8 Å². The standard InChI is InChI=1S/C20H13ClN2O4/c21-9-1-3-10(4-2-9)23-12-6-8-14(25)18-16(12)20(27)17-13(24)7-5-11(22)15(17)19(18)26/h1-8,23-25H,22H2. The monoisotopic (exact) mass is 380 g/mol. The van der Waals surface area contributed by atoms with Crippen molar-refractivity contribution in [2.75, 3.05) is 11.1 Å². The van der Waals surface area contributed by atoms with Gasteiger partial charge in [-0.3, -0.25) is 9.59 Å². The molecule has 0 aliphatic heterocycles. The van der Waals surface area contributed by atoms with Crippen LogP contribution < -0.4 is 11.1 Å². The largest absolute Gasteiger partial charge is 0.507 e. The summed E-state index contributed by atoms with van der Waals surface area (Å²) >= 11 is 5.88. The van der Waals surface area contributed by atoms with Gasteiger partial charge >= 0.3 is 0 Å². The van der Waals surface area contributed by atoms with Crippen LogP contribution >= 0.6 is 11.6 Å². The summed E-state index contributed by atoms with van der Waals surface area (Å²) in [4.78, 5) is 26.1. The number of carbonyl (C=O) groups is 2. The van der Waals surface area contributed by atoms with Gasteiger partial charge in [-0.1, -0.05) is 11.6 Å². The molecular formula is C20H13ClN2O4. The number of phenols is 2. The van der Waals surface area contributed by atoms with E-state index in [-0.39, 0.29) is 39.4 Å². The second-order valence-electron chi connectivity index (χ2n) is 6.10. The van der Waals surface area contributed by atoms with Gasteiger partial charge in [0.25, 0.3) is 0 Å². The van der Waals surface area contributed by atoms with E-state index in [4.69, 9.17) is 17.3 Å². The van der Waals surface area contributed by atoms with Crippen LogP contribution in [0.2, 0.25) is 5.02 Å². The van der Waals surface area contributed by atoms with E-state index in [1.54, 1.807) is 24.3 Å². The van der Waals surface area contributed by atoms with Gasteiger partial charge in [-0.05, 0) is 48.5 Å². The minimum Gasteiger partial charge on any atom is -0.507 e. The average Bonchev–Trinajstić information content (AvgIpc) is 2.64. The number of phenolic OH excluding ortho intramolecular Hbond substituents is 2. The predicted molar refractivity (Wildman–Crippen MR) is 102 cm³/mol. The zero-order valence-corrected chi connectivity index (χ0v) is 14.5. The van der Waals surface area contributed by atoms with Gasteiger partial charge in [0.1, 0.15) is 11.5 Å². The highest BCUT2D eigenvalue weighted by molar-refractivity contribution is 6.33. The summed E-state index contributed by atoms with van der Waals surface area (Å²) in [7, 11) is 0. The number of carbonyl (C=O) groups excluding carboxylic acids is 2. The highest BCUT2D eigenvalue weighted by atomic mass is 35.5. The van der Waals surface area contributed by atoms with E-state index < -0.39 is 11.6 Å². The topological polar surface area (TPSA) is 113 Å². The van der Waals surface area contributed by atoms with Gasteiger partial charge in [-0.15, -0.1) is 0 Å². The third-order valence-electron chi connectivity index (χ3n) is 4.43. The van der Waals surface area contributed by atoms with Gasteiger partial charge in [-0.25, -0.2) is 0 Å². The molecule has 4 rings (SSSR count). The first-order valence-electron chi connectivity index (χ1n) is 7.98. The van der Waals surface area contributed by atoms with E-state index in [1.807, 2.05) is 0 Å². The summed E-state index contributed by atoms with van der Waals surface area (Å²) in [5.74, 6) is -1.90. The molecule has 0 amide bonds. The SMILES string of the molecule is Nc1ccc(O)c2c1C(=O)c1c(O)ccc(Nc3ccc(Cl)cc3)c1C2=O. The Morgan fingerprint density at radius 2 is 1.30 bits per heavy atom. The minimum absolute atomic E-state index is 0.0247. The van der Waals surface area contributed by atoms with Crippen LogP contribution in [0.1, 0.15) is 31.8 Å². The van der Waals surface area contributed by atoms with Gasteiger partial charge in [0.2, 0.25) is 11.6 Å². The summed E-state index contributed by atoms with van der Waals surface area (Å²) in [6.45, 7) is 0. The summed E-state index contributed by atoms with van der Waals surface area (Å²) in [6, 6.07) is 12.2. The number of halogens is 1. The normalized spacial score (nSPS) is 12.5. The molecule has 1 aliphatic rings. The number of hydrogen-bond acceptors (Lipinski definition) is 6. The molecule has 7 heteroatoms. The minimum atomic E-state index is -0.620. The summed E-state index contributed by atoms with van der Waals surface area (Å²) in [6.07, 6.45) is 0. The number of aromatic hydroxyl groups is 2. The van der Waals surface area contributed by atoms with Crippen LogP contribution in [0.25, 0.3) is 0 Å². The van der Waals surface area contributed by atoms with E-state index in [1.165, 1.54) is 24.3 Å². The smallest absolute Gasteiger partial charge is 0.200 e. The Morgan fingerprint density at radius 1 is 0.741 bits per heavy atom. The molecule has 0 fully saturated rings. The van der Waals surface area contributed by atoms with Crippen molar-refractivity contribution in [2.24, 2.45) is 0 Å². The van der Waals surface area contributed by atoms with Crippen LogP contribution in [0, 0.1) is 0 Å². The van der Waals surface area contributed by atoms with Crippen LogP contribution in [0.4, 0.5) is 17.1 Å². The highest BCUT2D eigenvalue weighted by Crippen LogP contribution is 2.42. The molecule has 3 aromatic carbocycles. The molecule has 0 spiro atoms. The molecule has 5 N–H and O–H groups in total. The third-order valence-corrected chi connectivity index (χ3v) is 4.68. The van der Waals surface area contributed by atoms with Crippen molar-refractivity contribution in [3.05, 3.63) is 75.8 Å². The second-order valence-corrected chi connectivity index (χ2v) is 6.53. The lowest BCUT2D eigenvalue weighted by Crippen LogP contribution is -2.23. The molecule has 0 atom stereocenters. The van der Waals surface area contributed by atoms with E-state index in [9.17, 15) is 19.8 Å². The molecule has 3 aromatic rings. The Morgan fingerprint density at radius 3 is 1.96 bits per heavy atom. The number of nitrogen functional groups attached to an aromatic ring is 1. The fraction of sp³-hybridized carbons (Fsp3) is 0. The number of ketones is 2. The van der Waals surface area contributed by atoms with E-state index in [0.717, 1.165) is 0 Å². The highest BCUT2D eigenvalue weighted by Gasteiger charge is 2.37. The van der Waals surface area contributed by atoms with Crippen molar-refractivity contribution in [1.82, 2.24) is 0 Å². The fourth-order valence-corrected chi connectivity index (χ4v) is 3.31. The van der Waals surface area contributed by atoms with E-state index in [2.05, 4.69) is 5.32 Å². The first kappa shape index (κ1) is 16.9. The molecule has 0 heterocycles. The van der Waals surface area contributed by atoms with Gasteiger partial charge < -0.3 is 21.3 Å². The molecule has 1 aliphatic carbocycles. The van der Waals surface area contributed by atoms with E-state index in [0.29, 0.717) is 16.4 Å². The summed E-state index contributed by atoms with van der Waals surface area (Å²) < 4.78 is 0. The summed E-state index contributed by atoms with van der Waals surface area (Å²) in [5.41, 5.74) is 6.41. The number of benzene rings is 3. The molecule has 0 unspecified atom stereocenters. The predicted octanol–water partition coefficient (Wildman–Crippen LogP) is 3.85. The van der Waals surface area contributed by atoms with Crippen LogP contribution in [0.15, 0.2) is 48.5 Å². The van der Waals surface area contributed by atoms with Gasteiger partial charge in [-0.2, -0.15) is 0 Å². The number of rotatable bonds is 2. The number of anilines is 3. The molecule has 0 saturated carbocycles. The Kier molecular flexibility index (Phi) is 3.78. The quantitative estimate of drug-likeness (QED) is 0.310. The van der Waals surface area contributed by atoms with E-state index >= 15 is 0 Å². The number of nitrogens with two attached hydrogens (primary N) is 1. The molecule has 0 radical (unpaired) electrons. The first-order valence-corrected chi connectivity index (χ1v) is 8.35. The molecule has 0 aromatic heterocycles. The van der Waals surface area contributed by atoms with Crippen LogP contribution in [0.3, 0.4) is 0 Å². The second kappa shape index (κ2) is 6.03. The lowest BCUT2D eigenvalue weighted by molar-refractivity contribution is 0.0975. The molecule has 0 bridgehead atoms. The van der Waals surface area contributed by atoms with Crippen LogP contribution in [-0.2, 0) is 0 Å². The summed E-state index contributed by atoms with van der Waals surface area (Å²) in [5, 5.41) is 24.0. The van der Waals surface area contributed by atoms with Gasteiger partial charge in [0.15, 0.2) is 0 Å². The van der Waals surface area contributed by atoms with Crippen molar-refractivity contribution < 1.29 is 19.8 Å². The molecular weight excluding hydrogens is 368 g/mol. The fourth-order valence-electron chi connectivity index (χ4n) is 3.18. The van der Waals surface area contributed by atoms with Crippen LogP contribution in [0.5, 0.6) is 11.5 Å². The Hall–Kier alpha value is -3.51. The van der Waals surface area contributed by atoms with Gasteiger partial charge in [0.05, 0.1) is 27.9 Å². The molecule has 6 nitrogen and oxygen atoms in total. The Balaban J connectivity index is 1.93. The van der Waals surface area contributed by atoms with Crippen molar-refractivity contribution >= 4 is 40.2 Å². The maximum Gasteiger partial charge on any atom is 0.200 e. The lowest BCUT2D eigenvalue weighted by atomic mass is 9.81. The Bertz CT molecular complexity index is 1120. The van der Waals surface area contributed by atoms with Crippen molar-refractivity contribution in [3.63, 3.8) is 0 Å². The van der Waals surface area contributed by atoms with Crippen molar-refractivity contribution in [3.8, 4) is 11.5 Å². The molecule has 134 valence electrons. The molecule has 27 heavy (non-hydrogen) atoms. The van der Waals surface area contributed by atoms with Crippen molar-refractivity contribution in [1.29, 1.82) is 0 Å². The number of fused-ring (bicyclic) bond motifs is 2. The average molecular weight is 381 g/mol. The number of hydrogen-bond donors (Lipinski definition) is 4.